The molecule has 2 fully saturated rings. The fourth-order valence-electron chi connectivity index (χ4n) is 3.56. The monoisotopic (exact) mass is 382 g/mol. The molecule has 1 N–H and O–H groups in total. The highest BCUT2D eigenvalue weighted by Crippen LogP contribution is 2.40. The van der Waals surface area contributed by atoms with Crippen molar-refractivity contribution < 1.29 is 27.8 Å². The number of hydrogen-bond acceptors (Lipinski definition) is 4. The highest BCUT2D eigenvalue weighted by atomic mass is 19.3. The van der Waals surface area contributed by atoms with Crippen LogP contribution < -0.4 is 14.8 Å². The van der Waals surface area contributed by atoms with E-state index in [1.54, 1.807) is 0 Å². The molecule has 0 bridgehead atoms. The summed E-state index contributed by atoms with van der Waals surface area (Å²) in [5.41, 5.74) is 0.204. The molecular formula is C19H24F2N2O4. The number of nitrogens with one attached hydrogen (secondary N) is 1. The van der Waals surface area contributed by atoms with Gasteiger partial charge in [0.15, 0.2) is 11.5 Å². The summed E-state index contributed by atoms with van der Waals surface area (Å²) in [6.45, 7) is -1.58. The van der Waals surface area contributed by atoms with Crippen LogP contribution in [0.25, 0.3) is 0 Å². The van der Waals surface area contributed by atoms with E-state index in [9.17, 15) is 18.4 Å². The van der Waals surface area contributed by atoms with Gasteiger partial charge in [0, 0.05) is 18.7 Å². The molecule has 1 aliphatic carbocycles. The zero-order chi connectivity index (χ0) is 19.4. The minimum absolute atomic E-state index is 0.0255. The zero-order valence-electron chi connectivity index (χ0n) is 15.2. The summed E-state index contributed by atoms with van der Waals surface area (Å²) in [6.07, 6.45) is 4.70. The quantitative estimate of drug-likeness (QED) is 0.787. The van der Waals surface area contributed by atoms with Crippen LogP contribution in [0.5, 0.6) is 11.5 Å². The number of rotatable bonds is 7. The number of nitrogens with zero attached hydrogens (tertiary/aromatic N) is 1. The summed E-state index contributed by atoms with van der Waals surface area (Å²) in [4.78, 5) is 26.5. The van der Waals surface area contributed by atoms with Gasteiger partial charge in [-0.15, -0.1) is 0 Å². The molecule has 1 saturated carbocycles. The molecule has 0 spiro atoms. The summed E-state index contributed by atoms with van der Waals surface area (Å²) in [6, 6.07) is 3.90. The number of piperidine rings is 1. The molecule has 1 atom stereocenters. The number of likely N-dealkylation sites (tertiary alicyclic amines) is 1. The van der Waals surface area contributed by atoms with Crippen molar-refractivity contribution >= 4 is 11.8 Å². The van der Waals surface area contributed by atoms with E-state index >= 15 is 0 Å². The lowest BCUT2D eigenvalue weighted by Gasteiger charge is -2.33. The molecule has 0 radical (unpaired) electrons. The van der Waals surface area contributed by atoms with Gasteiger partial charge in [0.2, 0.25) is 5.91 Å². The Balaban J connectivity index is 1.54. The van der Waals surface area contributed by atoms with Crippen LogP contribution in [0.15, 0.2) is 18.2 Å². The molecule has 1 unspecified atom stereocenters. The van der Waals surface area contributed by atoms with Crippen molar-refractivity contribution in [3.05, 3.63) is 23.8 Å². The molecule has 1 aromatic rings. The molecule has 1 saturated heterocycles. The molecule has 8 heteroatoms. The van der Waals surface area contributed by atoms with Crippen molar-refractivity contribution in [2.24, 2.45) is 11.8 Å². The fraction of sp³-hybridized carbons (Fsp3) is 0.579. The molecule has 148 valence electrons. The predicted octanol–water partition coefficient (Wildman–Crippen LogP) is 2.68. The van der Waals surface area contributed by atoms with Crippen LogP contribution in [0.3, 0.4) is 0 Å². The van der Waals surface area contributed by atoms with E-state index in [0.29, 0.717) is 5.92 Å². The Morgan fingerprint density at radius 2 is 2.00 bits per heavy atom. The summed E-state index contributed by atoms with van der Waals surface area (Å²) >= 11 is 0. The molecule has 2 amide bonds. The number of benzene rings is 1. The molecular weight excluding hydrogens is 358 g/mol. The standard InChI is InChI=1S/C19H24F2N2O4/c1-26-16-9-13(6-7-15(16)27-19(20)21)18(25)22-10-17(24)23-8-2-3-14(11-23)12-4-5-12/h6-7,9,12,14,19H,2-5,8,10-11H2,1H3,(H,22,25). The van der Waals surface area contributed by atoms with Gasteiger partial charge in [0.1, 0.15) is 0 Å². The number of amides is 2. The van der Waals surface area contributed by atoms with Crippen molar-refractivity contribution in [2.75, 3.05) is 26.7 Å². The van der Waals surface area contributed by atoms with Crippen LogP contribution in [-0.4, -0.2) is 50.1 Å². The van der Waals surface area contributed by atoms with E-state index in [1.165, 1.54) is 44.6 Å². The van der Waals surface area contributed by atoms with Gasteiger partial charge in [-0.05, 0) is 55.7 Å². The topological polar surface area (TPSA) is 67.9 Å². The highest BCUT2D eigenvalue weighted by molar-refractivity contribution is 5.97. The van der Waals surface area contributed by atoms with E-state index < -0.39 is 12.5 Å². The van der Waals surface area contributed by atoms with E-state index in [4.69, 9.17) is 4.74 Å². The molecule has 1 heterocycles. The first-order chi connectivity index (χ1) is 13.0. The number of carbonyl (C=O) groups excluding carboxylic acids is 2. The Morgan fingerprint density at radius 1 is 1.22 bits per heavy atom. The molecule has 1 aliphatic heterocycles. The van der Waals surface area contributed by atoms with Crippen LogP contribution in [0.2, 0.25) is 0 Å². The first-order valence-corrected chi connectivity index (χ1v) is 9.16. The second-order valence-corrected chi connectivity index (χ2v) is 7.01. The average Bonchev–Trinajstić information content (AvgIpc) is 3.51. The fourth-order valence-corrected chi connectivity index (χ4v) is 3.56. The molecule has 6 nitrogen and oxygen atoms in total. The third-order valence-electron chi connectivity index (χ3n) is 5.14. The van der Waals surface area contributed by atoms with E-state index in [2.05, 4.69) is 10.1 Å². The molecule has 2 aliphatic rings. The lowest BCUT2D eigenvalue weighted by Crippen LogP contribution is -2.45. The first-order valence-electron chi connectivity index (χ1n) is 9.16. The smallest absolute Gasteiger partial charge is 0.387 e. The first kappa shape index (κ1) is 19.4. The predicted molar refractivity (Wildman–Crippen MR) is 94.0 cm³/mol. The van der Waals surface area contributed by atoms with Gasteiger partial charge in [-0.3, -0.25) is 9.59 Å². The third kappa shape index (κ3) is 5.08. The zero-order valence-corrected chi connectivity index (χ0v) is 15.2. The van der Waals surface area contributed by atoms with Crippen molar-refractivity contribution in [3.63, 3.8) is 0 Å². The second kappa shape index (κ2) is 8.54. The molecule has 3 rings (SSSR count). The Bertz CT molecular complexity index is 694. The number of carbonyl (C=O) groups is 2. The maximum absolute atomic E-state index is 12.4. The Kier molecular flexibility index (Phi) is 6.13. The van der Waals surface area contributed by atoms with Crippen LogP contribution >= 0.6 is 0 Å². The minimum atomic E-state index is -2.99. The van der Waals surface area contributed by atoms with Gasteiger partial charge >= 0.3 is 6.61 Å². The summed E-state index contributed by atoms with van der Waals surface area (Å²) in [7, 11) is 1.30. The van der Waals surface area contributed by atoms with Gasteiger partial charge in [-0.2, -0.15) is 8.78 Å². The van der Waals surface area contributed by atoms with Crippen LogP contribution in [0.4, 0.5) is 8.78 Å². The van der Waals surface area contributed by atoms with Crippen LogP contribution in [0, 0.1) is 11.8 Å². The third-order valence-corrected chi connectivity index (χ3v) is 5.14. The van der Waals surface area contributed by atoms with Gasteiger partial charge in [-0.25, -0.2) is 0 Å². The lowest BCUT2D eigenvalue weighted by molar-refractivity contribution is -0.132. The van der Waals surface area contributed by atoms with Crippen molar-refractivity contribution in [1.29, 1.82) is 0 Å². The summed E-state index contributed by atoms with van der Waals surface area (Å²) in [5, 5.41) is 2.59. The van der Waals surface area contributed by atoms with E-state index in [-0.39, 0.29) is 29.5 Å². The van der Waals surface area contributed by atoms with E-state index in [1.807, 2.05) is 4.90 Å². The molecule has 27 heavy (non-hydrogen) atoms. The maximum atomic E-state index is 12.4. The van der Waals surface area contributed by atoms with Crippen LogP contribution in [-0.2, 0) is 4.79 Å². The number of halogens is 2. The maximum Gasteiger partial charge on any atom is 0.387 e. The lowest BCUT2D eigenvalue weighted by atomic mass is 9.93. The second-order valence-electron chi connectivity index (χ2n) is 7.01. The van der Waals surface area contributed by atoms with Crippen molar-refractivity contribution in [3.8, 4) is 11.5 Å². The van der Waals surface area contributed by atoms with Crippen molar-refractivity contribution in [2.45, 2.75) is 32.3 Å². The summed E-state index contributed by atoms with van der Waals surface area (Å²) < 4.78 is 34.0. The number of alkyl halides is 2. The Morgan fingerprint density at radius 3 is 2.67 bits per heavy atom. The Hall–Kier alpha value is -2.38. The van der Waals surface area contributed by atoms with Gasteiger partial charge in [0.25, 0.3) is 5.91 Å². The van der Waals surface area contributed by atoms with Crippen LogP contribution in [0.1, 0.15) is 36.0 Å². The SMILES string of the molecule is COc1cc(C(=O)NCC(=O)N2CCCC(C3CC3)C2)ccc1OC(F)F. The largest absolute Gasteiger partial charge is 0.493 e. The molecule has 1 aromatic carbocycles. The molecule has 0 aromatic heterocycles. The minimum Gasteiger partial charge on any atom is -0.493 e. The number of hydrogen-bond donors (Lipinski definition) is 1. The van der Waals surface area contributed by atoms with Gasteiger partial charge < -0.3 is 19.7 Å². The van der Waals surface area contributed by atoms with E-state index in [0.717, 1.165) is 25.4 Å². The van der Waals surface area contributed by atoms with Gasteiger partial charge in [-0.1, -0.05) is 0 Å². The van der Waals surface area contributed by atoms with Crippen molar-refractivity contribution in [1.82, 2.24) is 10.2 Å². The highest BCUT2D eigenvalue weighted by Gasteiger charge is 2.35. The van der Waals surface area contributed by atoms with Gasteiger partial charge in [0.05, 0.1) is 13.7 Å². The number of ether oxygens (including phenoxy) is 2. The number of methoxy groups -OCH3 is 1. The average molecular weight is 382 g/mol. The Labute approximate surface area is 156 Å². The normalized spacial score (nSPS) is 19.7. The summed E-state index contributed by atoms with van der Waals surface area (Å²) in [5.74, 6) is 0.651.